The van der Waals surface area contributed by atoms with E-state index in [0.29, 0.717) is 0 Å². The number of hydrogen-bond donors (Lipinski definition) is 2. The van der Waals surface area contributed by atoms with Gasteiger partial charge in [0, 0.05) is 37.3 Å². The Morgan fingerprint density at radius 1 is 1.33 bits per heavy atom. The normalized spacial score (nSPS) is 25.0. The molecule has 1 rings (SSSR count). The van der Waals surface area contributed by atoms with E-state index in [1.807, 2.05) is 0 Å². The van der Waals surface area contributed by atoms with Crippen LogP contribution in [-0.2, 0) is 0 Å². The third-order valence-corrected chi connectivity index (χ3v) is 4.33. The summed E-state index contributed by atoms with van der Waals surface area (Å²) in [5.74, 6) is 0. The largest absolute Gasteiger partial charge is 0.394 e. The summed E-state index contributed by atoms with van der Waals surface area (Å²) < 4.78 is 0. The first-order valence-electron chi connectivity index (χ1n) is 7.12. The maximum absolute atomic E-state index is 9.50. The molecule has 0 aliphatic carbocycles. The molecule has 0 radical (unpaired) electrons. The predicted molar refractivity (Wildman–Crippen MR) is 76.9 cm³/mol. The van der Waals surface area contributed by atoms with E-state index in [0.717, 1.165) is 39.1 Å². The molecule has 0 saturated carbocycles. The molecule has 0 aromatic carbocycles. The minimum atomic E-state index is -0.137. The van der Waals surface area contributed by atoms with Gasteiger partial charge in [-0.05, 0) is 40.8 Å². The lowest BCUT2D eigenvalue weighted by Crippen LogP contribution is -2.58. The number of piperazine rings is 1. The van der Waals surface area contributed by atoms with Crippen molar-refractivity contribution in [1.82, 2.24) is 15.1 Å². The van der Waals surface area contributed by atoms with Crippen molar-refractivity contribution in [2.45, 2.75) is 45.2 Å². The topological polar surface area (TPSA) is 38.7 Å². The highest BCUT2D eigenvalue weighted by atomic mass is 16.3. The number of nitrogens with zero attached hydrogens (tertiary/aromatic N) is 2. The highest BCUT2D eigenvalue weighted by molar-refractivity contribution is 4.90. The Hall–Kier alpha value is -0.160. The summed E-state index contributed by atoms with van der Waals surface area (Å²) in [6.45, 7) is 14.3. The van der Waals surface area contributed by atoms with E-state index in [9.17, 15) is 5.11 Å². The van der Waals surface area contributed by atoms with Gasteiger partial charge in [-0.15, -0.1) is 0 Å². The van der Waals surface area contributed by atoms with Gasteiger partial charge in [-0.1, -0.05) is 6.92 Å². The standard InChI is InChI=1S/C14H31N3O/c1-6-15-14(4,12-18)7-8-17-10-9-16(5)13(2,3)11-17/h15,18H,6-12H2,1-5H3. The summed E-state index contributed by atoms with van der Waals surface area (Å²) in [6.07, 6.45) is 0.997. The summed E-state index contributed by atoms with van der Waals surface area (Å²) >= 11 is 0. The maximum atomic E-state index is 9.50. The van der Waals surface area contributed by atoms with Crippen LogP contribution < -0.4 is 5.32 Å². The fraction of sp³-hybridized carbons (Fsp3) is 1.00. The molecule has 1 aliphatic heterocycles. The molecule has 1 unspecified atom stereocenters. The van der Waals surface area contributed by atoms with Crippen molar-refractivity contribution in [2.75, 3.05) is 46.4 Å². The van der Waals surface area contributed by atoms with Crippen LogP contribution in [0.5, 0.6) is 0 Å². The first-order valence-corrected chi connectivity index (χ1v) is 7.12. The van der Waals surface area contributed by atoms with Crippen molar-refractivity contribution in [3.63, 3.8) is 0 Å². The van der Waals surface area contributed by atoms with E-state index < -0.39 is 0 Å². The maximum Gasteiger partial charge on any atom is 0.0611 e. The van der Waals surface area contributed by atoms with Crippen molar-refractivity contribution in [1.29, 1.82) is 0 Å². The van der Waals surface area contributed by atoms with Gasteiger partial charge in [-0.2, -0.15) is 0 Å². The quantitative estimate of drug-likeness (QED) is 0.737. The van der Waals surface area contributed by atoms with Crippen LogP contribution >= 0.6 is 0 Å². The molecule has 0 aromatic rings. The molecular formula is C14H31N3O. The molecular weight excluding hydrogens is 226 g/mol. The molecule has 0 amide bonds. The minimum Gasteiger partial charge on any atom is -0.394 e. The van der Waals surface area contributed by atoms with Crippen LogP contribution in [0.3, 0.4) is 0 Å². The number of nitrogens with one attached hydrogen (secondary N) is 1. The minimum absolute atomic E-state index is 0.137. The first-order chi connectivity index (χ1) is 8.33. The molecule has 0 spiro atoms. The van der Waals surface area contributed by atoms with Crippen LogP contribution in [-0.4, -0.2) is 72.4 Å². The Labute approximate surface area is 112 Å². The molecule has 4 nitrogen and oxygen atoms in total. The van der Waals surface area contributed by atoms with E-state index >= 15 is 0 Å². The zero-order valence-electron chi connectivity index (χ0n) is 12.8. The highest BCUT2D eigenvalue weighted by Gasteiger charge is 2.32. The number of aliphatic hydroxyl groups excluding tert-OH is 1. The fourth-order valence-corrected chi connectivity index (χ4v) is 2.59. The zero-order chi connectivity index (χ0) is 13.8. The lowest BCUT2D eigenvalue weighted by molar-refractivity contribution is 0.0327. The zero-order valence-corrected chi connectivity index (χ0v) is 12.8. The van der Waals surface area contributed by atoms with Crippen LogP contribution in [0.2, 0.25) is 0 Å². The van der Waals surface area contributed by atoms with E-state index in [2.05, 4.69) is 49.9 Å². The third-order valence-electron chi connectivity index (χ3n) is 4.33. The predicted octanol–water partition coefficient (Wildman–Crippen LogP) is 0.763. The second-order valence-corrected chi connectivity index (χ2v) is 6.51. The smallest absolute Gasteiger partial charge is 0.0611 e. The van der Waals surface area contributed by atoms with Crippen molar-refractivity contribution in [3.05, 3.63) is 0 Å². The molecule has 1 atom stereocenters. The van der Waals surface area contributed by atoms with Gasteiger partial charge in [-0.25, -0.2) is 0 Å². The Morgan fingerprint density at radius 3 is 2.50 bits per heavy atom. The van der Waals surface area contributed by atoms with Crippen molar-refractivity contribution in [2.24, 2.45) is 0 Å². The molecule has 1 heterocycles. The van der Waals surface area contributed by atoms with Crippen LogP contribution in [0.1, 0.15) is 34.1 Å². The number of likely N-dealkylation sites (N-methyl/N-ethyl adjacent to an activating group) is 2. The number of aliphatic hydroxyl groups is 1. The molecule has 1 aliphatic rings. The summed E-state index contributed by atoms with van der Waals surface area (Å²) in [6, 6.07) is 0. The Balaban J connectivity index is 2.44. The summed E-state index contributed by atoms with van der Waals surface area (Å²) in [5, 5.41) is 12.9. The molecule has 0 bridgehead atoms. The molecule has 1 fully saturated rings. The molecule has 18 heavy (non-hydrogen) atoms. The van der Waals surface area contributed by atoms with E-state index in [1.54, 1.807) is 0 Å². The van der Waals surface area contributed by atoms with Crippen LogP contribution in [0.4, 0.5) is 0 Å². The number of hydrogen-bond acceptors (Lipinski definition) is 4. The summed E-state index contributed by atoms with van der Waals surface area (Å²) in [7, 11) is 2.20. The van der Waals surface area contributed by atoms with Crippen LogP contribution in [0.15, 0.2) is 0 Å². The second kappa shape index (κ2) is 6.33. The molecule has 108 valence electrons. The van der Waals surface area contributed by atoms with Crippen molar-refractivity contribution < 1.29 is 5.11 Å². The fourth-order valence-electron chi connectivity index (χ4n) is 2.59. The Kier molecular flexibility index (Phi) is 5.59. The van der Waals surface area contributed by atoms with Gasteiger partial charge in [-0.3, -0.25) is 4.90 Å². The van der Waals surface area contributed by atoms with E-state index in [4.69, 9.17) is 0 Å². The average molecular weight is 257 g/mol. The van der Waals surface area contributed by atoms with Crippen molar-refractivity contribution >= 4 is 0 Å². The average Bonchev–Trinajstić information content (AvgIpc) is 2.31. The lowest BCUT2D eigenvalue weighted by atomic mass is 9.96. The Bertz CT molecular complexity index is 257. The van der Waals surface area contributed by atoms with Crippen molar-refractivity contribution in [3.8, 4) is 0 Å². The molecule has 0 aromatic heterocycles. The third kappa shape index (κ3) is 4.19. The van der Waals surface area contributed by atoms with Gasteiger partial charge in [0.15, 0.2) is 0 Å². The SMILES string of the molecule is CCNC(C)(CO)CCN1CCN(C)C(C)(C)C1. The second-order valence-electron chi connectivity index (χ2n) is 6.51. The summed E-state index contributed by atoms with van der Waals surface area (Å²) in [5.41, 5.74) is 0.119. The van der Waals surface area contributed by atoms with Gasteiger partial charge in [0.25, 0.3) is 0 Å². The van der Waals surface area contributed by atoms with Gasteiger partial charge in [0.1, 0.15) is 0 Å². The lowest BCUT2D eigenvalue weighted by Gasteiger charge is -2.46. The van der Waals surface area contributed by atoms with E-state index in [-0.39, 0.29) is 17.7 Å². The van der Waals surface area contributed by atoms with E-state index in [1.165, 1.54) is 0 Å². The molecule has 2 N–H and O–H groups in total. The monoisotopic (exact) mass is 257 g/mol. The summed E-state index contributed by atoms with van der Waals surface area (Å²) in [4.78, 5) is 4.95. The van der Waals surface area contributed by atoms with Crippen LogP contribution in [0, 0.1) is 0 Å². The Morgan fingerprint density at radius 2 is 2.00 bits per heavy atom. The molecule has 1 saturated heterocycles. The highest BCUT2D eigenvalue weighted by Crippen LogP contribution is 2.20. The first kappa shape index (κ1) is 15.9. The van der Waals surface area contributed by atoms with Gasteiger partial charge in [0.05, 0.1) is 6.61 Å². The molecule has 4 heteroatoms. The van der Waals surface area contributed by atoms with Gasteiger partial charge < -0.3 is 15.3 Å². The number of rotatable bonds is 6. The van der Waals surface area contributed by atoms with Gasteiger partial charge >= 0.3 is 0 Å². The van der Waals surface area contributed by atoms with Gasteiger partial charge in [0.2, 0.25) is 0 Å². The van der Waals surface area contributed by atoms with Crippen LogP contribution in [0.25, 0.3) is 0 Å².